The molecule has 0 aromatic heterocycles. The largest absolute Gasteiger partial charge is 0.516 e. The van der Waals surface area contributed by atoms with Gasteiger partial charge < -0.3 is 14.2 Å². The van der Waals surface area contributed by atoms with Crippen molar-refractivity contribution in [1.82, 2.24) is 0 Å². The Morgan fingerprint density at radius 1 is 1.11 bits per heavy atom. The Hall–Kier alpha value is -2.83. The van der Waals surface area contributed by atoms with Gasteiger partial charge in [0.2, 0.25) is 5.60 Å². The highest BCUT2D eigenvalue weighted by Gasteiger charge is 2.45. The third kappa shape index (κ3) is 4.89. The summed E-state index contributed by atoms with van der Waals surface area (Å²) in [5.41, 5.74) is 1.69. The van der Waals surface area contributed by atoms with Crippen molar-refractivity contribution in [1.29, 1.82) is 0 Å². The van der Waals surface area contributed by atoms with Crippen LogP contribution >= 0.6 is 23.2 Å². The quantitative estimate of drug-likeness (QED) is 0.280. The number of benzene rings is 2. The van der Waals surface area contributed by atoms with E-state index in [9.17, 15) is 14.4 Å². The van der Waals surface area contributed by atoms with Crippen LogP contribution in [0.2, 0.25) is 10.0 Å². The molecule has 0 aliphatic heterocycles. The number of carbonyl (C=O) groups is 3. The van der Waals surface area contributed by atoms with E-state index in [4.69, 9.17) is 37.4 Å². The fraction of sp³-hybridized carbons (Fsp3) is 0.393. The smallest absolute Gasteiger partial charge is 0.474 e. The minimum Gasteiger partial charge on any atom is -0.474 e. The first-order valence-electron chi connectivity index (χ1n) is 12.0. The average molecular weight is 531 g/mol. The molecule has 36 heavy (non-hydrogen) atoms. The maximum Gasteiger partial charge on any atom is 0.516 e. The lowest BCUT2D eigenvalue weighted by atomic mass is 9.71. The minimum absolute atomic E-state index is 0.0273. The van der Waals surface area contributed by atoms with Gasteiger partial charge in [0.25, 0.3) is 0 Å². The Labute approximate surface area is 220 Å². The van der Waals surface area contributed by atoms with Crippen molar-refractivity contribution >= 4 is 46.7 Å². The minimum atomic E-state index is -1.52. The van der Waals surface area contributed by atoms with E-state index in [1.54, 1.807) is 31.2 Å². The van der Waals surface area contributed by atoms with Gasteiger partial charge in [-0.05, 0) is 61.4 Å². The molecule has 2 aromatic rings. The molecule has 6 nitrogen and oxygen atoms in total. The number of rotatable bonds is 7. The summed E-state index contributed by atoms with van der Waals surface area (Å²) in [7, 11) is 0. The maximum atomic E-state index is 12.9. The van der Waals surface area contributed by atoms with Crippen LogP contribution in [0.3, 0.4) is 0 Å². The zero-order valence-corrected chi connectivity index (χ0v) is 22.0. The van der Waals surface area contributed by atoms with Gasteiger partial charge in [-0.1, -0.05) is 67.4 Å². The molecule has 2 atom stereocenters. The molecule has 0 saturated heterocycles. The number of halogens is 2. The summed E-state index contributed by atoms with van der Waals surface area (Å²) < 4.78 is 16.1. The molecule has 0 spiro atoms. The van der Waals surface area contributed by atoms with E-state index in [-0.39, 0.29) is 40.0 Å². The molecule has 190 valence electrons. The Balaban J connectivity index is 1.54. The van der Waals surface area contributed by atoms with Crippen LogP contribution < -0.4 is 4.74 Å². The molecule has 0 fully saturated rings. The van der Waals surface area contributed by atoms with Crippen LogP contribution in [0.15, 0.2) is 42.5 Å². The van der Waals surface area contributed by atoms with Crippen molar-refractivity contribution in [2.75, 3.05) is 0 Å². The van der Waals surface area contributed by atoms with Crippen LogP contribution in [-0.2, 0) is 32.1 Å². The first-order chi connectivity index (χ1) is 17.1. The van der Waals surface area contributed by atoms with Crippen LogP contribution in [0.4, 0.5) is 4.79 Å². The molecule has 4 rings (SSSR count). The molecule has 0 heterocycles. The third-order valence-electron chi connectivity index (χ3n) is 7.27. The number of allylic oxidation sites excluding steroid dienone is 2. The summed E-state index contributed by atoms with van der Waals surface area (Å²) in [5, 5.41) is 0.426. The van der Waals surface area contributed by atoms with E-state index in [0.29, 0.717) is 12.8 Å². The normalized spacial score (nSPS) is 20.0. The van der Waals surface area contributed by atoms with Crippen molar-refractivity contribution in [2.24, 2.45) is 5.41 Å². The monoisotopic (exact) mass is 530 g/mol. The zero-order chi connectivity index (χ0) is 26.1. The van der Waals surface area contributed by atoms with Gasteiger partial charge in [-0.15, -0.1) is 0 Å². The fourth-order valence-electron chi connectivity index (χ4n) is 4.85. The molecule has 8 heteroatoms. The number of hydrogen-bond acceptors (Lipinski definition) is 6. The number of ketones is 1. The number of hydrogen-bond donors (Lipinski definition) is 0. The van der Waals surface area contributed by atoms with Gasteiger partial charge in [0.1, 0.15) is 17.4 Å². The summed E-state index contributed by atoms with van der Waals surface area (Å²) in [4.78, 5) is 37.3. The Morgan fingerprint density at radius 3 is 2.50 bits per heavy atom. The lowest BCUT2D eigenvalue weighted by Gasteiger charge is -2.32. The zero-order valence-electron chi connectivity index (χ0n) is 20.5. The molecule has 2 unspecified atom stereocenters. The number of carbonyl (C=O) groups excluding carboxylic acids is 3. The lowest BCUT2D eigenvalue weighted by molar-refractivity contribution is -0.157. The van der Waals surface area contributed by atoms with E-state index in [2.05, 4.69) is 6.92 Å². The van der Waals surface area contributed by atoms with E-state index in [1.165, 1.54) is 6.92 Å². The number of fused-ring (bicyclic) bond motifs is 3. The summed E-state index contributed by atoms with van der Waals surface area (Å²) in [6, 6.07) is 10.8. The molecule has 0 amide bonds. The first kappa shape index (κ1) is 26.2. The van der Waals surface area contributed by atoms with Gasteiger partial charge in [-0.25, -0.2) is 9.59 Å². The average Bonchev–Trinajstić information content (AvgIpc) is 3.20. The van der Waals surface area contributed by atoms with E-state index in [0.717, 1.165) is 35.1 Å². The van der Waals surface area contributed by atoms with E-state index < -0.39 is 17.7 Å². The van der Waals surface area contributed by atoms with Crippen molar-refractivity contribution in [3.05, 3.63) is 69.2 Å². The van der Waals surface area contributed by atoms with E-state index in [1.807, 2.05) is 18.2 Å². The predicted octanol–water partition coefficient (Wildman–Crippen LogP) is 7.12. The predicted molar refractivity (Wildman–Crippen MR) is 137 cm³/mol. The summed E-state index contributed by atoms with van der Waals surface area (Å²) in [5.74, 6) is -0.603. The fourth-order valence-corrected chi connectivity index (χ4v) is 5.35. The van der Waals surface area contributed by atoms with Gasteiger partial charge in [-0.3, -0.25) is 4.79 Å². The van der Waals surface area contributed by atoms with E-state index >= 15 is 0 Å². The van der Waals surface area contributed by atoms with Gasteiger partial charge in [0, 0.05) is 17.4 Å². The van der Waals surface area contributed by atoms with Gasteiger partial charge >= 0.3 is 12.1 Å². The second-order valence-corrected chi connectivity index (χ2v) is 10.2. The van der Waals surface area contributed by atoms with Crippen molar-refractivity contribution in [3.63, 3.8) is 0 Å². The van der Waals surface area contributed by atoms with Gasteiger partial charge in [0.15, 0.2) is 5.78 Å². The highest BCUT2D eigenvalue weighted by atomic mass is 35.5. The molecular formula is C28H28Cl2O6. The summed E-state index contributed by atoms with van der Waals surface area (Å²) >= 11 is 13.3. The molecule has 2 aromatic carbocycles. The van der Waals surface area contributed by atoms with Crippen LogP contribution in [0, 0.1) is 5.41 Å². The molecule has 0 saturated carbocycles. The second-order valence-electron chi connectivity index (χ2n) is 9.47. The second kappa shape index (κ2) is 10.3. The highest BCUT2D eigenvalue weighted by molar-refractivity contribution is 6.44. The Kier molecular flexibility index (Phi) is 7.48. The van der Waals surface area contributed by atoms with Crippen LogP contribution in [0.1, 0.15) is 63.1 Å². The summed E-state index contributed by atoms with van der Waals surface area (Å²) in [6.07, 6.45) is 3.57. The third-order valence-corrected chi connectivity index (χ3v) is 8.12. The van der Waals surface area contributed by atoms with Gasteiger partial charge in [0.05, 0.1) is 5.02 Å². The molecule has 2 aliphatic carbocycles. The standard InChI is InChI=1S/C28H28Cl2O6/c1-4-27(3,25(32)35-26(33)34-16-17-9-7-6-8-10-17)36-21-13-18-15-28(5-2)12-11-19(31)14-20(28)22(18)24(30)23(21)29/h6-10,13-14H,4-5,11-12,15-16H2,1-3H3. The molecule has 0 bridgehead atoms. The lowest BCUT2D eigenvalue weighted by Crippen LogP contribution is -2.43. The van der Waals surface area contributed by atoms with Crippen LogP contribution in [0.5, 0.6) is 5.75 Å². The molecule has 0 radical (unpaired) electrons. The maximum absolute atomic E-state index is 12.9. The first-order valence-corrected chi connectivity index (χ1v) is 12.8. The number of esters is 1. The van der Waals surface area contributed by atoms with Crippen molar-refractivity contribution < 1.29 is 28.6 Å². The van der Waals surface area contributed by atoms with Crippen molar-refractivity contribution in [2.45, 2.75) is 65.1 Å². The highest BCUT2D eigenvalue weighted by Crippen LogP contribution is 2.57. The van der Waals surface area contributed by atoms with Crippen LogP contribution in [0.25, 0.3) is 5.57 Å². The van der Waals surface area contributed by atoms with Gasteiger partial charge in [-0.2, -0.15) is 0 Å². The SMILES string of the molecule is CCC12CCC(=O)C=C1c1c(cc(OC(C)(CC)C(=O)OC(=O)OCc3ccccc3)c(Cl)c1Cl)C2. The molecule has 2 aliphatic rings. The van der Waals surface area contributed by atoms with Crippen LogP contribution in [-0.4, -0.2) is 23.5 Å². The Bertz CT molecular complexity index is 1240. The van der Waals surface area contributed by atoms with Crippen molar-refractivity contribution in [3.8, 4) is 5.75 Å². The topological polar surface area (TPSA) is 78.9 Å². The Morgan fingerprint density at radius 2 is 1.83 bits per heavy atom. The molecule has 0 N–H and O–H groups in total. The number of ether oxygens (including phenoxy) is 3. The summed E-state index contributed by atoms with van der Waals surface area (Å²) in [6.45, 7) is 5.33. The molecular weight excluding hydrogens is 503 g/mol.